The highest BCUT2D eigenvalue weighted by atomic mass is 16.5. The first-order chi connectivity index (χ1) is 14.4. The summed E-state index contributed by atoms with van der Waals surface area (Å²) in [6, 6.07) is 15.7. The van der Waals surface area contributed by atoms with Crippen LogP contribution in [0.25, 0.3) is 21.9 Å². The van der Waals surface area contributed by atoms with Crippen LogP contribution in [0.2, 0.25) is 0 Å². The molecule has 0 radical (unpaired) electrons. The molecule has 1 N–H and O–H groups in total. The second-order valence-electron chi connectivity index (χ2n) is 8.56. The minimum Gasteiger partial charge on any atom is -0.490 e. The van der Waals surface area contributed by atoms with Crippen LogP contribution >= 0.6 is 0 Å². The Kier molecular flexibility index (Phi) is 5.49. The number of benzene rings is 2. The summed E-state index contributed by atoms with van der Waals surface area (Å²) in [6.45, 7) is 2.07. The molecular formula is C26H30N2O. The van der Waals surface area contributed by atoms with Crippen molar-refractivity contribution in [2.24, 2.45) is 0 Å². The number of piperidine rings is 1. The number of pyridine rings is 1. The van der Waals surface area contributed by atoms with Crippen LogP contribution in [0.15, 0.2) is 54.9 Å². The predicted molar refractivity (Wildman–Crippen MR) is 120 cm³/mol. The average Bonchev–Trinajstić information content (AvgIpc) is 2.80. The van der Waals surface area contributed by atoms with Crippen LogP contribution in [0.1, 0.15) is 56.4 Å². The summed E-state index contributed by atoms with van der Waals surface area (Å²) in [5, 5.41) is 5.81. The molecule has 2 heterocycles. The van der Waals surface area contributed by atoms with E-state index < -0.39 is 0 Å². The van der Waals surface area contributed by atoms with E-state index in [1.54, 1.807) is 0 Å². The molecule has 0 unspecified atom stereocenters. The summed E-state index contributed by atoms with van der Waals surface area (Å²) in [4.78, 5) is 4.32. The Bertz CT molecular complexity index is 954. The molecule has 2 aliphatic rings. The van der Waals surface area contributed by atoms with Crippen molar-refractivity contribution < 1.29 is 4.74 Å². The van der Waals surface area contributed by atoms with Crippen LogP contribution in [-0.4, -0.2) is 24.2 Å². The zero-order chi connectivity index (χ0) is 19.5. The molecule has 5 rings (SSSR count). The normalized spacial score (nSPS) is 18.8. The van der Waals surface area contributed by atoms with E-state index in [1.807, 2.05) is 12.4 Å². The number of ether oxygens (including phenoxy) is 1. The molecule has 0 atom stereocenters. The molecule has 0 amide bonds. The Morgan fingerprint density at radius 3 is 2.41 bits per heavy atom. The van der Waals surface area contributed by atoms with Gasteiger partial charge in [-0.3, -0.25) is 4.98 Å². The van der Waals surface area contributed by atoms with E-state index in [1.165, 1.54) is 54.2 Å². The van der Waals surface area contributed by atoms with Gasteiger partial charge in [-0.15, -0.1) is 0 Å². The van der Waals surface area contributed by atoms with Crippen LogP contribution in [0.5, 0.6) is 5.75 Å². The second-order valence-corrected chi connectivity index (χ2v) is 8.56. The van der Waals surface area contributed by atoms with Crippen molar-refractivity contribution >= 4 is 10.8 Å². The lowest BCUT2D eigenvalue weighted by Crippen LogP contribution is -2.34. The lowest BCUT2D eigenvalue weighted by molar-refractivity contribution is 0.163. The highest BCUT2D eigenvalue weighted by Gasteiger charge is 2.19. The number of nitrogens with one attached hydrogen (secondary N) is 1. The molecule has 1 saturated heterocycles. The highest BCUT2D eigenvalue weighted by Crippen LogP contribution is 2.39. The maximum absolute atomic E-state index is 6.54. The Labute approximate surface area is 173 Å². The monoisotopic (exact) mass is 386 g/mol. The maximum atomic E-state index is 6.54. The largest absolute Gasteiger partial charge is 0.490 e. The van der Waals surface area contributed by atoms with E-state index in [-0.39, 0.29) is 6.10 Å². The molecule has 2 aromatic carbocycles. The standard InChI is InChI=1S/C26H30N2O/c1-2-4-19(5-3-1)20-6-8-21(9-7-20)26-24-14-17-28-18-22(24)10-11-25(26)29-23-12-15-27-16-13-23/h6-11,14,17-19,23,27H,1-5,12-13,15-16H2. The Hall–Kier alpha value is -2.39. The second kappa shape index (κ2) is 8.54. The zero-order valence-corrected chi connectivity index (χ0v) is 17.1. The summed E-state index contributed by atoms with van der Waals surface area (Å²) in [5.74, 6) is 1.74. The summed E-state index contributed by atoms with van der Waals surface area (Å²) < 4.78 is 6.54. The number of hydrogen-bond acceptors (Lipinski definition) is 3. The lowest BCUT2D eigenvalue weighted by Gasteiger charge is -2.26. The van der Waals surface area contributed by atoms with Crippen molar-refractivity contribution in [2.75, 3.05) is 13.1 Å². The van der Waals surface area contributed by atoms with Gasteiger partial charge >= 0.3 is 0 Å². The van der Waals surface area contributed by atoms with Crippen LogP contribution in [-0.2, 0) is 0 Å². The summed E-state index contributed by atoms with van der Waals surface area (Å²) in [5.41, 5.74) is 3.94. The van der Waals surface area contributed by atoms with Crippen molar-refractivity contribution in [3.05, 3.63) is 60.4 Å². The Morgan fingerprint density at radius 1 is 0.828 bits per heavy atom. The molecule has 2 fully saturated rings. The Balaban J connectivity index is 1.52. The fourth-order valence-electron chi connectivity index (χ4n) is 5.00. The smallest absolute Gasteiger partial charge is 0.128 e. The van der Waals surface area contributed by atoms with E-state index in [9.17, 15) is 0 Å². The molecule has 1 saturated carbocycles. The topological polar surface area (TPSA) is 34.1 Å². The summed E-state index contributed by atoms with van der Waals surface area (Å²) in [6.07, 6.45) is 13.1. The van der Waals surface area contributed by atoms with Crippen molar-refractivity contribution in [3.63, 3.8) is 0 Å². The number of aromatic nitrogens is 1. The van der Waals surface area contributed by atoms with Crippen LogP contribution < -0.4 is 10.1 Å². The molecule has 3 aromatic rings. The third-order valence-electron chi connectivity index (χ3n) is 6.64. The van der Waals surface area contributed by atoms with Gasteiger partial charge in [0.05, 0.1) is 0 Å². The first-order valence-corrected chi connectivity index (χ1v) is 11.2. The molecule has 1 aliphatic carbocycles. The molecule has 3 heteroatoms. The van der Waals surface area contributed by atoms with E-state index in [0.29, 0.717) is 0 Å². The van der Waals surface area contributed by atoms with Gasteiger partial charge in [-0.05, 0) is 79.4 Å². The molecule has 0 bridgehead atoms. The van der Waals surface area contributed by atoms with Crippen LogP contribution in [0, 0.1) is 0 Å². The van der Waals surface area contributed by atoms with Gasteiger partial charge in [0.25, 0.3) is 0 Å². The third-order valence-corrected chi connectivity index (χ3v) is 6.64. The van der Waals surface area contributed by atoms with Gasteiger partial charge in [0.2, 0.25) is 0 Å². The quantitative estimate of drug-likeness (QED) is 0.590. The fraction of sp³-hybridized carbons (Fsp3) is 0.423. The molecule has 1 aromatic heterocycles. The first-order valence-electron chi connectivity index (χ1n) is 11.2. The molecule has 1 aliphatic heterocycles. The molecule has 0 spiro atoms. The van der Waals surface area contributed by atoms with Gasteiger partial charge in [0.15, 0.2) is 0 Å². The lowest BCUT2D eigenvalue weighted by atomic mass is 9.83. The van der Waals surface area contributed by atoms with Crippen molar-refractivity contribution in [1.82, 2.24) is 10.3 Å². The van der Waals surface area contributed by atoms with Gasteiger partial charge in [-0.25, -0.2) is 0 Å². The van der Waals surface area contributed by atoms with Gasteiger partial charge in [0.1, 0.15) is 11.9 Å². The molecular weight excluding hydrogens is 356 g/mol. The minimum atomic E-state index is 0.288. The molecule has 29 heavy (non-hydrogen) atoms. The number of hydrogen-bond donors (Lipinski definition) is 1. The van der Waals surface area contributed by atoms with E-state index in [0.717, 1.165) is 43.0 Å². The first kappa shape index (κ1) is 18.6. The van der Waals surface area contributed by atoms with E-state index in [2.05, 4.69) is 52.8 Å². The number of nitrogens with zero attached hydrogens (tertiary/aromatic N) is 1. The van der Waals surface area contributed by atoms with Gasteiger partial charge in [0, 0.05) is 23.3 Å². The number of rotatable bonds is 4. The fourth-order valence-corrected chi connectivity index (χ4v) is 5.00. The SMILES string of the molecule is c1cc2c(-c3ccc(C4CCCCC4)cc3)c(OC3CCNCC3)ccc2cn1. The van der Waals surface area contributed by atoms with E-state index in [4.69, 9.17) is 4.74 Å². The van der Waals surface area contributed by atoms with Crippen LogP contribution in [0.4, 0.5) is 0 Å². The maximum Gasteiger partial charge on any atom is 0.128 e. The van der Waals surface area contributed by atoms with Crippen molar-refractivity contribution in [3.8, 4) is 16.9 Å². The highest BCUT2D eigenvalue weighted by molar-refractivity contribution is 5.99. The third kappa shape index (κ3) is 4.02. The molecule has 3 nitrogen and oxygen atoms in total. The number of fused-ring (bicyclic) bond motifs is 1. The molecule has 150 valence electrons. The van der Waals surface area contributed by atoms with Crippen molar-refractivity contribution in [1.29, 1.82) is 0 Å². The van der Waals surface area contributed by atoms with Gasteiger partial charge < -0.3 is 10.1 Å². The van der Waals surface area contributed by atoms with Crippen molar-refractivity contribution in [2.45, 2.75) is 57.0 Å². The Morgan fingerprint density at radius 2 is 1.62 bits per heavy atom. The van der Waals surface area contributed by atoms with E-state index >= 15 is 0 Å². The zero-order valence-electron chi connectivity index (χ0n) is 17.1. The summed E-state index contributed by atoms with van der Waals surface area (Å²) >= 11 is 0. The predicted octanol–water partition coefficient (Wildman–Crippen LogP) is 6.08. The van der Waals surface area contributed by atoms with Gasteiger partial charge in [-0.1, -0.05) is 43.5 Å². The average molecular weight is 387 g/mol. The van der Waals surface area contributed by atoms with Crippen LogP contribution in [0.3, 0.4) is 0 Å². The summed E-state index contributed by atoms with van der Waals surface area (Å²) in [7, 11) is 0. The van der Waals surface area contributed by atoms with Gasteiger partial charge in [-0.2, -0.15) is 0 Å². The minimum absolute atomic E-state index is 0.288.